The van der Waals surface area contributed by atoms with Crippen LogP contribution in [0.3, 0.4) is 0 Å². The molecule has 0 heterocycles. The normalized spacial score (nSPS) is 11.7. The fourth-order valence-electron chi connectivity index (χ4n) is 1.11. The van der Waals surface area contributed by atoms with Gasteiger partial charge in [0.25, 0.3) is 0 Å². The van der Waals surface area contributed by atoms with E-state index in [9.17, 15) is 4.79 Å². The number of aldehydes is 1. The molecular formula is C10H9BrN2O. The summed E-state index contributed by atoms with van der Waals surface area (Å²) in [6, 6.07) is 7.04. The maximum atomic E-state index is 10.7. The zero-order chi connectivity index (χ0) is 10.6. The van der Waals surface area contributed by atoms with Gasteiger partial charge in [-0.1, -0.05) is 22.0 Å². The van der Waals surface area contributed by atoms with Gasteiger partial charge in [-0.2, -0.15) is 5.26 Å². The second-order valence-electron chi connectivity index (χ2n) is 2.86. The first-order valence-corrected chi connectivity index (χ1v) is 5.16. The van der Waals surface area contributed by atoms with E-state index in [1.165, 1.54) is 0 Å². The lowest BCUT2D eigenvalue weighted by molar-refractivity contribution is -0.108. The molecule has 4 heteroatoms. The fraction of sp³-hybridized carbons (Fsp3) is 0.200. The second kappa shape index (κ2) is 4.77. The van der Waals surface area contributed by atoms with Gasteiger partial charge in [-0.25, -0.2) is 0 Å². The number of nitrogen functional groups attached to an aromatic ring is 1. The minimum absolute atomic E-state index is 0.220. The number of anilines is 1. The number of rotatable bonds is 3. The molecule has 0 aromatic heterocycles. The minimum atomic E-state index is -0.220. The molecule has 0 saturated heterocycles. The lowest BCUT2D eigenvalue weighted by Gasteiger charge is -2.07. The monoisotopic (exact) mass is 252 g/mol. The molecule has 1 unspecified atom stereocenters. The van der Waals surface area contributed by atoms with Gasteiger partial charge >= 0.3 is 0 Å². The lowest BCUT2D eigenvalue weighted by atomic mass is 10.00. The zero-order valence-electron chi connectivity index (χ0n) is 7.40. The lowest BCUT2D eigenvalue weighted by Crippen LogP contribution is -2.02. The molecule has 0 saturated carbocycles. The number of nitriles is 1. The van der Waals surface area contributed by atoms with Crippen LogP contribution in [0.5, 0.6) is 0 Å². The molecule has 14 heavy (non-hydrogen) atoms. The maximum Gasteiger partial charge on any atom is 0.128 e. The van der Waals surface area contributed by atoms with Crippen molar-refractivity contribution in [2.45, 2.75) is 5.92 Å². The molecule has 1 aromatic carbocycles. The summed E-state index contributed by atoms with van der Waals surface area (Å²) >= 11 is 3.23. The Bertz CT molecular complexity index is 384. The molecular weight excluding hydrogens is 244 g/mol. The summed E-state index contributed by atoms with van der Waals surface area (Å²) in [5.74, 6) is -0.220. The van der Waals surface area contributed by atoms with E-state index in [0.717, 1.165) is 11.8 Å². The summed E-state index contributed by atoms with van der Waals surface area (Å²) in [5.41, 5.74) is 7.22. The van der Waals surface area contributed by atoms with Crippen LogP contribution in [0, 0.1) is 11.3 Å². The molecule has 2 N–H and O–H groups in total. The highest BCUT2D eigenvalue weighted by atomic mass is 79.9. The zero-order valence-corrected chi connectivity index (χ0v) is 8.99. The average Bonchev–Trinajstić information content (AvgIpc) is 2.22. The Hall–Kier alpha value is -1.34. The van der Waals surface area contributed by atoms with E-state index in [0.29, 0.717) is 16.6 Å². The number of alkyl halides is 1. The molecule has 0 aliphatic heterocycles. The number of halogens is 1. The topological polar surface area (TPSA) is 66.9 Å². The van der Waals surface area contributed by atoms with Crippen LogP contribution in [0.25, 0.3) is 0 Å². The largest absolute Gasteiger partial charge is 0.398 e. The Morgan fingerprint density at radius 2 is 2.36 bits per heavy atom. The van der Waals surface area contributed by atoms with E-state index < -0.39 is 0 Å². The summed E-state index contributed by atoms with van der Waals surface area (Å²) < 4.78 is 0. The standard InChI is InChI=1S/C10H9BrN2O/c11-4-9(6-14)7-1-2-10(13)8(3-7)5-12/h1-3,6,9H,4,13H2. The maximum absolute atomic E-state index is 10.7. The minimum Gasteiger partial charge on any atom is -0.398 e. The molecule has 0 amide bonds. The second-order valence-corrected chi connectivity index (χ2v) is 3.50. The Morgan fingerprint density at radius 3 is 2.86 bits per heavy atom. The van der Waals surface area contributed by atoms with Gasteiger partial charge in [-0.05, 0) is 17.7 Å². The Labute approximate surface area is 90.7 Å². The van der Waals surface area contributed by atoms with Gasteiger partial charge in [-0.3, -0.25) is 0 Å². The first-order chi connectivity index (χ1) is 6.72. The van der Waals surface area contributed by atoms with Crippen LogP contribution in [0.15, 0.2) is 18.2 Å². The number of carbonyl (C=O) groups excluding carboxylic acids is 1. The van der Waals surface area contributed by atoms with Gasteiger partial charge in [0.15, 0.2) is 0 Å². The summed E-state index contributed by atoms with van der Waals surface area (Å²) in [7, 11) is 0. The van der Waals surface area contributed by atoms with Gasteiger partial charge in [0, 0.05) is 16.9 Å². The summed E-state index contributed by atoms with van der Waals surface area (Å²) in [5, 5.41) is 9.29. The number of nitrogens with zero attached hydrogens (tertiary/aromatic N) is 1. The third-order valence-corrected chi connectivity index (χ3v) is 2.65. The van der Waals surface area contributed by atoms with Crippen LogP contribution in [-0.2, 0) is 4.79 Å². The molecule has 1 rings (SSSR count). The predicted molar refractivity (Wildman–Crippen MR) is 58.2 cm³/mol. The Balaban J connectivity index is 3.12. The summed E-state index contributed by atoms with van der Waals surface area (Å²) in [6.45, 7) is 0. The quantitative estimate of drug-likeness (QED) is 0.507. The highest BCUT2D eigenvalue weighted by Crippen LogP contribution is 2.20. The van der Waals surface area contributed by atoms with Crippen molar-refractivity contribution in [2.24, 2.45) is 0 Å². The van der Waals surface area contributed by atoms with Gasteiger partial charge in [0.05, 0.1) is 5.56 Å². The van der Waals surface area contributed by atoms with Crippen LogP contribution in [0.2, 0.25) is 0 Å². The number of carbonyl (C=O) groups is 1. The average molecular weight is 253 g/mol. The number of benzene rings is 1. The highest BCUT2D eigenvalue weighted by Gasteiger charge is 2.10. The number of hydrogen-bond acceptors (Lipinski definition) is 3. The first kappa shape index (κ1) is 10.7. The smallest absolute Gasteiger partial charge is 0.128 e. The molecule has 0 radical (unpaired) electrons. The Morgan fingerprint density at radius 1 is 1.64 bits per heavy atom. The number of hydrogen-bond donors (Lipinski definition) is 1. The van der Waals surface area contributed by atoms with Gasteiger partial charge in [0.2, 0.25) is 0 Å². The van der Waals surface area contributed by atoms with Crippen LogP contribution in [0.1, 0.15) is 17.0 Å². The SMILES string of the molecule is N#Cc1cc(C(C=O)CBr)ccc1N. The third-order valence-electron chi connectivity index (χ3n) is 1.96. The van der Waals surface area contributed by atoms with Gasteiger partial charge in [-0.15, -0.1) is 0 Å². The third kappa shape index (κ3) is 2.12. The van der Waals surface area contributed by atoms with Gasteiger partial charge in [0.1, 0.15) is 12.4 Å². The fourth-order valence-corrected chi connectivity index (χ4v) is 1.63. The van der Waals surface area contributed by atoms with Gasteiger partial charge < -0.3 is 10.5 Å². The van der Waals surface area contributed by atoms with Crippen molar-refractivity contribution in [1.29, 1.82) is 5.26 Å². The van der Waals surface area contributed by atoms with Crippen LogP contribution in [-0.4, -0.2) is 11.6 Å². The molecule has 0 spiro atoms. The Kier molecular flexibility index (Phi) is 3.66. The van der Waals surface area contributed by atoms with E-state index in [-0.39, 0.29) is 5.92 Å². The van der Waals surface area contributed by atoms with Crippen molar-refractivity contribution < 1.29 is 4.79 Å². The molecule has 3 nitrogen and oxygen atoms in total. The number of nitrogens with two attached hydrogens (primary N) is 1. The molecule has 1 atom stereocenters. The van der Waals surface area contributed by atoms with E-state index in [2.05, 4.69) is 15.9 Å². The highest BCUT2D eigenvalue weighted by molar-refractivity contribution is 9.09. The predicted octanol–water partition coefficient (Wildman–Crippen LogP) is 1.82. The van der Waals surface area contributed by atoms with E-state index in [1.54, 1.807) is 18.2 Å². The van der Waals surface area contributed by atoms with Crippen molar-refractivity contribution in [1.82, 2.24) is 0 Å². The summed E-state index contributed by atoms with van der Waals surface area (Å²) in [6.07, 6.45) is 0.849. The van der Waals surface area contributed by atoms with Crippen LogP contribution in [0.4, 0.5) is 5.69 Å². The molecule has 1 aromatic rings. The first-order valence-electron chi connectivity index (χ1n) is 4.03. The molecule has 72 valence electrons. The summed E-state index contributed by atoms with van der Waals surface area (Å²) in [4.78, 5) is 10.7. The van der Waals surface area contributed by atoms with Crippen molar-refractivity contribution in [3.63, 3.8) is 0 Å². The van der Waals surface area contributed by atoms with E-state index in [1.807, 2.05) is 6.07 Å². The van der Waals surface area contributed by atoms with Crippen molar-refractivity contribution >= 4 is 27.9 Å². The molecule has 0 aliphatic carbocycles. The molecule has 0 aliphatic rings. The van der Waals surface area contributed by atoms with Crippen molar-refractivity contribution in [3.8, 4) is 6.07 Å². The van der Waals surface area contributed by atoms with E-state index >= 15 is 0 Å². The molecule has 0 bridgehead atoms. The molecule has 0 fully saturated rings. The van der Waals surface area contributed by atoms with Crippen molar-refractivity contribution in [3.05, 3.63) is 29.3 Å². The van der Waals surface area contributed by atoms with Crippen LogP contribution < -0.4 is 5.73 Å². The van der Waals surface area contributed by atoms with Crippen LogP contribution >= 0.6 is 15.9 Å². The van der Waals surface area contributed by atoms with E-state index in [4.69, 9.17) is 11.0 Å². The van der Waals surface area contributed by atoms with Crippen molar-refractivity contribution in [2.75, 3.05) is 11.1 Å².